The van der Waals surface area contributed by atoms with E-state index in [1.807, 2.05) is 0 Å². The van der Waals surface area contributed by atoms with Gasteiger partial charge in [0.05, 0.1) is 29.1 Å². The molecule has 0 radical (unpaired) electrons. The minimum absolute atomic E-state index is 0.00384. The molecule has 214 valence electrons. The third kappa shape index (κ3) is 9.06. The topological polar surface area (TPSA) is 108 Å². The van der Waals surface area contributed by atoms with Gasteiger partial charge in [0, 0.05) is 20.6 Å². The zero-order chi connectivity index (χ0) is 29.4. The Balaban J connectivity index is 1.26. The van der Waals surface area contributed by atoms with Crippen molar-refractivity contribution in [2.24, 2.45) is 5.10 Å². The summed E-state index contributed by atoms with van der Waals surface area (Å²) in [5.41, 5.74) is 3.72. The molecule has 1 amide bonds. The van der Waals surface area contributed by atoms with Crippen molar-refractivity contribution in [1.29, 1.82) is 0 Å². The fourth-order valence-corrected chi connectivity index (χ4v) is 4.94. The molecule has 1 heterocycles. The van der Waals surface area contributed by atoms with Gasteiger partial charge in [-0.2, -0.15) is 5.10 Å². The van der Waals surface area contributed by atoms with E-state index < -0.39 is 5.91 Å². The van der Waals surface area contributed by atoms with Gasteiger partial charge in [-0.15, -0.1) is 10.2 Å². The van der Waals surface area contributed by atoms with E-state index in [9.17, 15) is 4.79 Å². The molecule has 0 spiro atoms. The van der Waals surface area contributed by atoms with Crippen molar-refractivity contribution < 1.29 is 23.4 Å². The van der Waals surface area contributed by atoms with Gasteiger partial charge >= 0.3 is 0 Å². The lowest BCUT2D eigenvalue weighted by molar-refractivity contribution is -0.118. The van der Waals surface area contributed by atoms with Crippen LogP contribution in [0, 0.1) is 0 Å². The third-order valence-corrected chi connectivity index (χ3v) is 7.28. The van der Waals surface area contributed by atoms with E-state index in [1.165, 1.54) is 13.3 Å². The molecule has 1 N–H and O–H groups in total. The second-order valence-corrected chi connectivity index (χ2v) is 11.0. The molecule has 4 aromatic rings. The van der Waals surface area contributed by atoms with Crippen LogP contribution in [0.3, 0.4) is 0 Å². The molecule has 0 unspecified atom stereocenters. The van der Waals surface area contributed by atoms with Crippen molar-refractivity contribution in [1.82, 2.24) is 15.6 Å². The highest BCUT2D eigenvalue weighted by molar-refractivity contribution is 7.99. The summed E-state index contributed by atoms with van der Waals surface area (Å²) in [4.78, 5) is 12.2. The number of halogens is 5. The van der Waals surface area contributed by atoms with Crippen LogP contribution >= 0.6 is 69.8 Å². The molecule has 4 rings (SSSR count). The molecule has 3 aromatic carbocycles. The monoisotopic (exact) mass is 674 g/mol. The Morgan fingerprint density at radius 3 is 2.41 bits per heavy atom. The van der Waals surface area contributed by atoms with Crippen molar-refractivity contribution in [2.75, 3.05) is 12.9 Å². The Labute approximate surface area is 264 Å². The Morgan fingerprint density at radius 1 is 0.927 bits per heavy atom. The standard InChI is InChI=1S/C26H19Cl5N4O5S/c1-37-22-7-14(6-20(31)25(22)39-11-15-2-3-16(27)8-18(15)29)10-32-33-23(36)13-41-26-35-34-24(40-26)12-38-21-5-4-17(28)9-19(21)30/h2-10H,11-13H2,1H3,(H,33,36)/b32-10-. The summed E-state index contributed by atoms with van der Waals surface area (Å²) < 4.78 is 22.3. The number of nitrogens with one attached hydrogen (secondary N) is 1. The third-order valence-electron chi connectivity index (χ3n) is 5.06. The van der Waals surface area contributed by atoms with E-state index in [0.29, 0.717) is 42.9 Å². The average Bonchev–Trinajstić information content (AvgIpc) is 3.39. The van der Waals surface area contributed by atoms with Crippen LogP contribution in [0.4, 0.5) is 0 Å². The number of rotatable bonds is 12. The molecule has 0 aliphatic rings. The van der Waals surface area contributed by atoms with E-state index >= 15 is 0 Å². The maximum Gasteiger partial charge on any atom is 0.277 e. The molecule has 9 nitrogen and oxygen atoms in total. The maximum atomic E-state index is 12.2. The summed E-state index contributed by atoms with van der Waals surface area (Å²) >= 11 is 31.6. The summed E-state index contributed by atoms with van der Waals surface area (Å²) in [6.45, 7) is 0.147. The molecule has 1 aromatic heterocycles. The highest BCUT2D eigenvalue weighted by atomic mass is 35.5. The normalized spacial score (nSPS) is 11.1. The molecular weight excluding hydrogens is 658 g/mol. The Morgan fingerprint density at radius 2 is 1.68 bits per heavy atom. The molecule has 0 atom stereocenters. The summed E-state index contributed by atoms with van der Waals surface area (Å²) in [5.74, 6) is 0.926. The van der Waals surface area contributed by atoms with Crippen LogP contribution in [0.5, 0.6) is 17.2 Å². The van der Waals surface area contributed by atoms with Gasteiger partial charge in [0.2, 0.25) is 0 Å². The average molecular weight is 677 g/mol. The van der Waals surface area contributed by atoms with E-state index in [2.05, 4.69) is 20.7 Å². The zero-order valence-electron chi connectivity index (χ0n) is 21.0. The fraction of sp³-hybridized carbons (Fsp3) is 0.154. The number of hydrogen-bond acceptors (Lipinski definition) is 9. The van der Waals surface area contributed by atoms with Crippen molar-refractivity contribution in [2.45, 2.75) is 18.4 Å². The van der Waals surface area contributed by atoms with Crippen LogP contribution < -0.4 is 19.6 Å². The van der Waals surface area contributed by atoms with E-state index in [1.54, 1.807) is 48.5 Å². The maximum absolute atomic E-state index is 12.2. The SMILES string of the molecule is COc1cc(/C=N\NC(=O)CSc2nnc(COc3ccc(Cl)cc3Cl)o2)cc(Cl)c1OCc1ccc(Cl)cc1Cl. The van der Waals surface area contributed by atoms with Crippen LogP contribution in [0.2, 0.25) is 25.1 Å². The number of carbonyl (C=O) groups excluding carboxylic acids is 1. The summed E-state index contributed by atoms with van der Waals surface area (Å²) in [6.07, 6.45) is 1.42. The number of aromatic nitrogens is 2. The Bertz CT molecular complexity index is 1570. The summed E-state index contributed by atoms with van der Waals surface area (Å²) in [5, 5.41) is 14.1. The Hall–Kier alpha value is -2.86. The predicted molar refractivity (Wildman–Crippen MR) is 160 cm³/mol. The van der Waals surface area contributed by atoms with Crippen molar-refractivity contribution in [3.63, 3.8) is 0 Å². The number of ether oxygens (including phenoxy) is 3. The smallest absolute Gasteiger partial charge is 0.277 e. The van der Waals surface area contributed by atoms with Gasteiger partial charge in [0.1, 0.15) is 12.4 Å². The first kappa shape index (κ1) is 31.1. The summed E-state index contributed by atoms with van der Waals surface area (Å²) in [7, 11) is 1.48. The van der Waals surface area contributed by atoms with Crippen LogP contribution in [0.1, 0.15) is 17.0 Å². The van der Waals surface area contributed by atoms with Gasteiger partial charge in [0.15, 0.2) is 18.1 Å². The number of methoxy groups -OCH3 is 1. The zero-order valence-corrected chi connectivity index (χ0v) is 25.6. The molecule has 15 heteroatoms. The second kappa shape index (κ2) is 14.9. The largest absolute Gasteiger partial charge is 0.493 e. The van der Waals surface area contributed by atoms with Gasteiger partial charge in [-0.3, -0.25) is 4.79 Å². The van der Waals surface area contributed by atoms with Crippen molar-refractivity contribution in [3.05, 3.63) is 90.7 Å². The van der Waals surface area contributed by atoms with E-state index in [4.69, 9.17) is 76.6 Å². The number of benzene rings is 3. The molecule has 0 aliphatic carbocycles. The number of thioether (sulfide) groups is 1. The molecule has 0 saturated carbocycles. The van der Waals surface area contributed by atoms with Crippen molar-refractivity contribution in [3.8, 4) is 17.2 Å². The van der Waals surface area contributed by atoms with Gasteiger partial charge in [-0.1, -0.05) is 75.8 Å². The first-order valence-electron chi connectivity index (χ1n) is 11.5. The highest BCUT2D eigenvalue weighted by Crippen LogP contribution is 2.37. The quantitative estimate of drug-likeness (QED) is 0.0923. The van der Waals surface area contributed by atoms with Crippen LogP contribution in [0.25, 0.3) is 0 Å². The van der Waals surface area contributed by atoms with Gasteiger partial charge < -0.3 is 18.6 Å². The minimum atomic E-state index is -0.395. The Kier molecular flexibility index (Phi) is 11.3. The van der Waals surface area contributed by atoms with Crippen LogP contribution in [-0.4, -0.2) is 35.2 Å². The van der Waals surface area contributed by atoms with Crippen LogP contribution in [0.15, 0.2) is 63.3 Å². The molecule has 0 aliphatic heterocycles. The van der Waals surface area contributed by atoms with Crippen molar-refractivity contribution >= 4 is 81.9 Å². The number of nitrogens with zero attached hydrogens (tertiary/aromatic N) is 3. The molecule has 41 heavy (non-hydrogen) atoms. The summed E-state index contributed by atoms with van der Waals surface area (Å²) in [6, 6.07) is 13.2. The lowest BCUT2D eigenvalue weighted by Gasteiger charge is -2.14. The second-order valence-electron chi connectivity index (χ2n) is 7.97. The highest BCUT2D eigenvalue weighted by Gasteiger charge is 2.14. The lowest BCUT2D eigenvalue weighted by Crippen LogP contribution is -2.19. The predicted octanol–water partition coefficient (Wildman–Crippen LogP) is 7.75. The van der Waals surface area contributed by atoms with Gasteiger partial charge in [0.25, 0.3) is 17.0 Å². The first-order valence-corrected chi connectivity index (χ1v) is 14.4. The van der Waals surface area contributed by atoms with E-state index in [0.717, 1.165) is 17.3 Å². The first-order chi connectivity index (χ1) is 19.7. The van der Waals surface area contributed by atoms with E-state index in [-0.39, 0.29) is 35.1 Å². The molecule has 0 fully saturated rings. The fourth-order valence-electron chi connectivity index (χ4n) is 3.17. The minimum Gasteiger partial charge on any atom is -0.493 e. The molecule has 0 saturated heterocycles. The lowest BCUT2D eigenvalue weighted by atomic mass is 10.2. The molecule has 0 bridgehead atoms. The number of carbonyl (C=O) groups is 1. The van der Waals surface area contributed by atoms with Gasteiger partial charge in [-0.25, -0.2) is 5.43 Å². The number of hydrazone groups is 1. The van der Waals surface area contributed by atoms with Gasteiger partial charge in [-0.05, 0) is 48.0 Å². The molecular formula is C26H19Cl5N4O5S. The van der Waals surface area contributed by atoms with Crippen LogP contribution in [-0.2, 0) is 18.0 Å². The number of amides is 1. The number of hydrogen-bond donors (Lipinski definition) is 1.